The van der Waals surface area contributed by atoms with Crippen LogP contribution in [0.25, 0.3) is 0 Å². The summed E-state index contributed by atoms with van der Waals surface area (Å²) in [5.41, 5.74) is -3.00. The second-order valence-electron chi connectivity index (χ2n) is 7.11. The Balaban J connectivity index is 1.69. The van der Waals surface area contributed by atoms with E-state index < -0.39 is 5.51 Å². The smallest absolute Gasteiger partial charge is 0.344 e. The van der Waals surface area contributed by atoms with Crippen LogP contribution >= 0.6 is 11.8 Å². The molecule has 1 unspecified atom stereocenters. The molecule has 1 fully saturated rings. The molecule has 4 nitrogen and oxygen atoms in total. The van der Waals surface area contributed by atoms with Gasteiger partial charge < -0.3 is 10.2 Å². The summed E-state index contributed by atoms with van der Waals surface area (Å²) in [4.78, 5) is 17.4. The Morgan fingerprint density at radius 1 is 1.03 bits per heavy atom. The van der Waals surface area contributed by atoms with Gasteiger partial charge in [0.2, 0.25) is 0 Å². The van der Waals surface area contributed by atoms with Gasteiger partial charge in [0.1, 0.15) is 0 Å². The molecule has 1 saturated heterocycles. The van der Waals surface area contributed by atoms with Crippen LogP contribution in [0.5, 0.6) is 0 Å². The fraction of sp³-hybridized carbons (Fsp3) is 0.381. The van der Waals surface area contributed by atoms with Crippen molar-refractivity contribution >= 4 is 17.7 Å². The molecule has 1 aliphatic heterocycles. The van der Waals surface area contributed by atoms with Crippen LogP contribution in [0.2, 0.25) is 0 Å². The summed E-state index contributed by atoms with van der Waals surface area (Å²) in [5.74, 6) is -0.295. The van der Waals surface area contributed by atoms with E-state index in [1.54, 1.807) is 0 Å². The first-order valence-corrected chi connectivity index (χ1v) is 10.2. The zero-order valence-electron chi connectivity index (χ0n) is 16.2. The maximum Gasteiger partial charge on any atom is 0.446 e. The van der Waals surface area contributed by atoms with Gasteiger partial charge in [0.15, 0.2) is 0 Å². The number of benzene rings is 2. The van der Waals surface area contributed by atoms with Crippen molar-refractivity contribution in [3.63, 3.8) is 0 Å². The predicted molar refractivity (Wildman–Crippen MR) is 109 cm³/mol. The van der Waals surface area contributed by atoms with Crippen molar-refractivity contribution in [1.29, 1.82) is 0 Å². The highest BCUT2D eigenvalue weighted by Crippen LogP contribution is 2.36. The molecular weight excluding hydrogens is 399 g/mol. The molecule has 0 radical (unpaired) electrons. The highest BCUT2D eigenvalue weighted by Gasteiger charge is 2.29. The summed E-state index contributed by atoms with van der Waals surface area (Å²) in [6, 6.07) is 15.1. The van der Waals surface area contributed by atoms with Gasteiger partial charge in [0.05, 0.1) is 6.04 Å². The van der Waals surface area contributed by atoms with Gasteiger partial charge in [-0.1, -0.05) is 30.3 Å². The third kappa shape index (κ3) is 6.76. The molecule has 1 heterocycles. The number of hydrogen-bond acceptors (Lipinski definition) is 4. The van der Waals surface area contributed by atoms with Gasteiger partial charge in [-0.25, -0.2) is 0 Å². The van der Waals surface area contributed by atoms with Gasteiger partial charge in [0, 0.05) is 43.2 Å². The lowest BCUT2D eigenvalue weighted by atomic mass is 10.0. The minimum atomic E-state index is -4.34. The molecule has 1 N–H and O–H groups in total. The Labute approximate surface area is 173 Å². The highest BCUT2D eigenvalue weighted by molar-refractivity contribution is 8.00. The summed E-state index contributed by atoms with van der Waals surface area (Å²) in [6.45, 7) is 4.51. The average molecular weight is 424 g/mol. The molecule has 29 heavy (non-hydrogen) atoms. The van der Waals surface area contributed by atoms with Crippen LogP contribution in [0, 0.1) is 0 Å². The number of alkyl halides is 3. The zero-order chi connectivity index (χ0) is 20.9. The Kier molecular flexibility index (Phi) is 7.21. The van der Waals surface area contributed by atoms with Crippen LogP contribution in [0.3, 0.4) is 0 Å². The third-order valence-corrected chi connectivity index (χ3v) is 5.63. The van der Waals surface area contributed by atoms with E-state index in [-0.39, 0.29) is 28.6 Å². The van der Waals surface area contributed by atoms with Crippen molar-refractivity contribution in [3.8, 4) is 0 Å². The maximum absolute atomic E-state index is 12.8. The summed E-state index contributed by atoms with van der Waals surface area (Å²) < 4.78 is 37.4. The minimum absolute atomic E-state index is 0.0612. The van der Waals surface area contributed by atoms with E-state index >= 15 is 0 Å². The molecule has 0 aromatic heterocycles. The fourth-order valence-corrected chi connectivity index (χ4v) is 3.80. The molecule has 3 rings (SSSR count). The van der Waals surface area contributed by atoms with E-state index in [0.29, 0.717) is 12.1 Å². The zero-order valence-corrected chi connectivity index (χ0v) is 17.0. The SMILES string of the molecule is CN1CCN(CC(NC(=O)c2ccc(SC(F)(F)F)cc2)c2ccccc2)CC1. The van der Waals surface area contributed by atoms with Gasteiger partial charge in [-0.2, -0.15) is 13.2 Å². The van der Waals surface area contributed by atoms with E-state index in [0.717, 1.165) is 31.7 Å². The first kappa shape index (κ1) is 21.7. The minimum Gasteiger partial charge on any atom is -0.344 e. The number of piperazine rings is 1. The summed E-state index contributed by atoms with van der Waals surface area (Å²) in [5, 5.41) is 3.05. The summed E-state index contributed by atoms with van der Waals surface area (Å²) in [6.07, 6.45) is 0. The predicted octanol–water partition coefficient (Wildman–Crippen LogP) is 4.02. The molecule has 1 atom stereocenters. The number of likely N-dealkylation sites (N-methyl/N-ethyl adjacent to an activating group) is 1. The van der Waals surface area contributed by atoms with Crippen LogP contribution in [-0.2, 0) is 0 Å². The van der Waals surface area contributed by atoms with Crippen LogP contribution in [0.1, 0.15) is 22.0 Å². The standard InChI is InChI=1S/C21H24F3N3OS/c1-26-11-13-27(14-12-26)15-19(16-5-3-2-4-6-16)25-20(28)17-7-9-18(10-8-17)29-21(22,23)24/h2-10,19H,11-15H2,1H3,(H,25,28). The van der Waals surface area contributed by atoms with E-state index in [4.69, 9.17) is 0 Å². The van der Waals surface area contributed by atoms with Crippen molar-refractivity contribution in [1.82, 2.24) is 15.1 Å². The number of thioether (sulfide) groups is 1. The number of rotatable bonds is 6. The Hall–Kier alpha value is -2.03. The molecule has 0 spiro atoms. The van der Waals surface area contributed by atoms with Crippen LogP contribution in [0.15, 0.2) is 59.5 Å². The molecule has 2 aromatic carbocycles. The molecule has 8 heteroatoms. The monoisotopic (exact) mass is 423 g/mol. The van der Waals surface area contributed by atoms with Gasteiger partial charge in [-0.3, -0.25) is 9.69 Å². The lowest BCUT2D eigenvalue weighted by Crippen LogP contribution is -2.47. The first-order chi connectivity index (χ1) is 13.8. The van der Waals surface area contributed by atoms with Crippen LogP contribution in [0.4, 0.5) is 13.2 Å². The molecule has 2 aromatic rings. The second-order valence-corrected chi connectivity index (χ2v) is 8.25. The van der Waals surface area contributed by atoms with Crippen molar-refractivity contribution < 1.29 is 18.0 Å². The topological polar surface area (TPSA) is 35.6 Å². The Morgan fingerprint density at radius 2 is 1.66 bits per heavy atom. The molecule has 0 aliphatic carbocycles. The van der Waals surface area contributed by atoms with E-state index in [1.807, 2.05) is 30.3 Å². The van der Waals surface area contributed by atoms with Gasteiger partial charge >= 0.3 is 5.51 Å². The number of carbonyl (C=O) groups is 1. The number of halogens is 3. The number of hydrogen-bond donors (Lipinski definition) is 1. The Morgan fingerprint density at radius 3 is 2.24 bits per heavy atom. The first-order valence-electron chi connectivity index (χ1n) is 9.43. The summed E-state index contributed by atoms with van der Waals surface area (Å²) >= 11 is -0.187. The lowest BCUT2D eigenvalue weighted by molar-refractivity contribution is -0.0328. The van der Waals surface area contributed by atoms with Crippen LogP contribution in [-0.4, -0.2) is 61.0 Å². The second kappa shape index (κ2) is 9.65. The fourth-order valence-electron chi connectivity index (χ4n) is 3.26. The van der Waals surface area contributed by atoms with Crippen molar-refractivity contribution in [2.24, 2.45) is 0 Å². The summed E-state index contributed by atoms with van der Waals surface area (Å²) in [7, 11) is 2.09. The van der Waals surface area contributed by atoms with E-state index in [2.05, 4.69) is 22.2 Å². The quantitative estimate of drug-likeness (QED) is 0.712. The third-order valence-electron chi connectivity index (χ3n) is 4.89. The van der Waals surface area contributed by atoms with E-state index in [9.17, 15) is 18.0 Å². The number of nitrogens with one attached hydrogen (secondary N) is 1. The molecule has 1 aliphatic rings. The number of nitrogens with zero attached hydrogens (tertiary/aromatic N) is 2. The molecule has 0 saturated carbocycles. The lowest BCUT2D eigenvalue weighted by Gasteiger charge is -2.35. The molecule has 156 valence electrons. The van der Waals surface area contributed by atoms with Crippen molar-refractivity contribution in [3.05, 3.63) is 65.7 Å². The van der Waals surface area contributed by atoms with E-state index in [1.165, 1.54) is 24.3 Å². The highest BCUT2D eigenvalue weighted by atomic mass is 32.2. The molecule has 1 amide bonds. The number of carbonyl (C=O) groups excluding carboxylic acids is 1. The largest absolute Gasteiger partial charge is 0.446 e. The van der Waals surface area contributed by atoms with Gasteiger partial charge in [-0.15, -0.1) is 0 Å². The number of amides is 1. The van der Waals surface area contributed by atoms with Crippen molar-refractivity contribution in [2.45, 2.75) is 16.4 Å². The normalized spacial score (nSPS) is 17.1. The average Bonchev–Trinajstić information content (AvgIpc) is 2.69. The van der Waals surface area contributed by atoms with Crippen molar-refractivity contribution in [2.75, 3.05) is 39.8 Å². The Bertz CT molecular complexity index is 791. The van der Waals surface area contributed by atoms with Gasteiger partial charge in [0.25, 0.3) is 5.91 Å². The van der Waals surface area contributed by atoms with Crippen LogP contribution < -0.4 is 5.32 Å². The molecule has 0 bridgehead atoms. The molecular formula is C21H24F3N3OS. The maximum atomic E-state index is 12.8. The van der Waals surface area contributed by atoms with Gasteiger partial charge in [-0.05, 0) is 48.6 Å².